The standard InChI is InChI=1S/C26H35N5O5/c1-6-17-10-18(9-16(4)24(17)35-15-21(33)13-27-23(34)14-32)25-29-26(36-30-25)19-11-20(7-2)28-22(12-19)31(5)8-3/h9-12,21,32-33H,6-8,13-15H2,1-5H3,(H,27,34). The molecule has 1 unspecified atom stereocenters. The highest BCUT2D eigenvalue weighted by Crippen LogP contribution is 2.32. The number of anilines is 1. The third-order valence-electron chi connectivity index (χ3n) is 5.85. The van der Waals surface area contributed by atoms with E-state index in [9.17, 15) is 9.90 Å². The Morgan fingerprint density at radius 3 is 2.58 bits per heavy atom. The molecule has 0 saturated heterocycles. The minimum Gasteiger partial charge on any atom is -0.490 e. The van der Waals surface area contributed by atoms with Crippen LogP contribution >= 0.6 is 0 Å². The maximum Gasteiger partial charge on any atom is 0.258 e. The molecule has 0 spiro atoms. The molecular weight excluding hydrogens is 462 g/mol. The van der Waals surface area contributed by atoms with Gasteiger partial charge in [-0.25, -0.2) is 4.98 Å². The molecular formula is C26H35N5O5. The molecule has 0 bridgehead atoms. The maximum absolute atomic E-state index is 11.2. The summed E-state index contributed by atoms with van der Waals surface area (Å²) in [5, 5.41) is 25.5. The lowest BCUT2D eigenvalue weighted by Crippen LogP contribution is -2.36. The van der Waals surface area contributed by atoms with Crippen LogP contribution in [0.5, 0.6) is 5.75 Å². The summed E-state index contributed by atoms with van der Waals surface area (Å²) in [4.78, 5) is 22.6. The molecule has 2 aromatic heterocycles. The molecule has 10 nitrogen and oxygen atoms in total. The molecule has 1 aromatic carbocycles. The van der Waals surface area contributed by atoms with Crippen molar-refractivity contribution in [1.82, 2.24) is 20.4 Å². The van der Waals surface area contributed by atoms with Crippen molar-refractivity contribution < 1.29 is 24.3 Å². The summed E-state index contributed by atoms with van der Waals surface area (Å²) in [5.41, 5.74) is 4.38. The number of pyridine rings is 1. The second kappa shape index (κ2) is 12.5. The van der Waals surface area contributed by atoms with Crippen LogP contribution in [-0.2, 0) is 17.6 Å². The summed E-state index contributed by atoms with van der Waals surface area (Å²) < 4.78 is 11.5. The van der Waals surface area contributed by atoms with Gasteiger partial charge in [-0.2, -0.15) is 4.98 Å². The number of nitrogens with zero attached hydrogens (tertiary/aromatic N) is 4. The lowest BCUT2D eigenvalue weighted by Gasteiger charge is -2.17. The van der Waals surface area contributed by atoms with E-state index in [4.69, 9.17) is 14.4 Å². The maximum atomic E-state index is 11.2. The Kier molecular flexibility index (Phi) is 9.38. The van der Waals surface area contributed by atoms with E-state index in [0.717, 1.165) is 46.7 Å². The van der Waals surface area contributed by atoms with Gasteiger partial charge in [-0.15, -0.1) is 0 Å². The number of benzene rings is 1. The predicted octanol–water partition coefficient (Wildman–Crippen LogP) is 2.54. The Morgan fingerprint density at radius 1 is 1.14 bits per heavy atom. The van der Waals surface area contributed by atoms with Gasteiger partial charge in [0.1, 0.15) is 30.9 Å². The number of aromatic nitrogens is 3. The number of hydrogen-bond donors (Lipinski definition) is 3. The first kappa shape index (κ1) is 27.1. The second-order valence-corrected chi connectivity index (χ2v) is 8.56. The molecule has 0 saturated carbocycles. The van der Waals surface area contributed by atoms with Crippen LogP contribution in [0.2, 0.25) is 0 Å². The van der Waals surface area contributed by atoms with Gasteiger partial charge in [0.25, 0.3) is 5.89 Å². The number of ether oxygens (including phenoxy) is 1. The number of aliphatic hydroxyl groups is 2. The summed E-state index contributed by atoms with van der Waals surface area (Å²) in [7, 11) is 1.99. The minimum atomic E-state index is -0.908. The number of nitrogens with one attached hydrogen (secondary N) is 1. The first-order chi connectivity index (χ1) is 17.3. The molecule has 194 valence electrons. The van der Waals surface area contributed by atoms with Crippen molar-refractivity contribution in [2.24, 2.45) is 0 Å². The van der Waals surface area contributed by atoms with E-state index in [1.165, 1.54) is 0 Å². The molecule has 10 heteroatoms. The van der Waals surface area contributed by atoms with Gasteiger partial charge in [-0.1, -0.05) is 19.0 Å². The van der Waals surface area contributed by atoms with Crippen LogP contribution in [0.25, 0.3) is 22.8 Å². The highest BCUT2D eigenvalue weighted by Gasteiger charge is 2.17. The van der Waals surface area contributed by atoms with Crippen LogP contribution in [0.15, 0.2) is 28.8 Å². The molecule has 3 rings (SSSR count). The Morgan fingerprint density at radius 2 is 1.92 bits per heavy atom. The third-order valence-corrected chi connectivity index (χ3v) is 5.85. The zero-order chi connectivity index (χ0) is 26.2. The van der Waals surface area contributed by atoms with E-state index in [0.29, 0.717) is 23.9 Å². The van der Waals surface area contributed by atoms with Gasteiger partial charge in [-0.3, -0.25) is 4.79 Å². The first-order valence-corrected chi connectivity index (χ1v) is 12.2. The van der Waals surface area contributed by atoms with E-state index in [1.54, 1.807) is 0 Å². The van der Waals surface area contributed by atoms with E-state index < -0.39 is 18.6 Å². The third kappa shape index (κ3) is 6.58. The monoisotopic (exact) mass is 497 g/mol. The zero-order valence-electron chi connectivity index (χ0n) is 21.5. The lowest BCUT2D eigenvalue weighted by molar-refractivity contribution is -0.124. The van der Waals surface area contributed by atoms with Gasteiger partial charge in [0.2, 0.25) is 11.7 Å². The van der Waals surface area contributed by atoms with Crippen molar-refractivity contribution in [1.29, 1.82) is 0 Å². The van der Waals surface area contributed by atoms with Gasteiger partial charge in [0.15, 0.2) is 0 Å². The highest BCUT2D eigenvalue weighted by molar-refractivity contribution is 5.76. The predicted molar refractivity (Wildman–Crippen MR) is 137 cm³/mol. The van der Waals surface area contributed by atoms with Crippen molar-refractivity contribution in [3.63, 3.8) is 0 Å². The second-order valence-electron chi connectivity index (χ2n) is 8.56. The minimum absolute atomic E-state index is 0.00159. The molecule has 3 N–H and O–H groups in total. The normalized spacial score (nSPS) is 11.9. The Bertz CT molecular complexity index is 1180. The summed E-state index contributed by atoms with van der Waals surface area (Å²) in [6.45, 7) is 8.27. The van der Waals surface area contributed by atoms with Crippen molar-refractivity contribution >= 4 is 11.7 Å². The summed E-state index contributed by atoms with van der Waals surface area (Å²) >= 11 is 0. The van der Waals surface area contributed by atoms with E-state index >= 15 is 0 Å². The van der Waals surface area contributed by atoms with Crippen LogP contribution < -0.4 is 15.0 Å². The van der Waals surface area contributed by atoms with E-state index in [2.05, 4.69) is 39.2 Å². The molecule has 0 radical (unpaired) electrons. The van der Waals surface area contributed by atoms with Gasteiger partial charge in [0, 0.05) is 37.0 Å². The van der Waals surface area contributed by atoms with Gasteiger partial charge in [-0.05, 0) is 62.1 Å². The average Bonchev–Trinajstić information content (AvgIpc) is 3.40. The smallest absolute Gasteiger partial charge is 0.258 e. The quantitative estimate of drug-likeness (QED) is 0.345. The largest absolute Gasteiger partial charge is 0.490 e. The van der Waals surface area contributed by atoms with E-state index in [1.807, 2.05) is 45.2 Å². The number of carbonyl (C=O) groups excluding carboxylic acids is 1. The molecule has 1 atom stereocenters. The van der Waals surface area contributed by atoms with Crippen LogP contribution in [-0.4, -0.2) is 70.7 Å². The van der Waals surface area contributed by atoms with E-state index in [-0.39, 0.29) is 13.2 Å². The Balaban J connectivity index is 1.82. The molecule has 0 fully saturated rings. The highest BCUT2D eigenvalue weighted by atomic mass is 16.5. The molecule has 36 heavy (non-hydrogen) atoms. The Labute approximate surface area is 211 Å². The van der Waals surface area contributed by atoms with Crippen molar-refractivity contribution in [2.45, 2.75) is 46.6 Å². The molecule has 0 aliphatic heterocycles. The number of amides is 1. The van der Waals surface area contributed by atoms with Crippen LogP contribution in [0.3, 0.4) is 0 Å². The first-order valence-electron chi connectivity index (χ1n) is 12.2. The van der Waals surface area contributed by atoms with Crippen molar-refractivity contribution in [3.05, 3.63) is 41.1 Å². The molecule has 2 heterocycles. The van der Waals surface area contributed by atoms with Crippen LogP contribution in [0.1, 0.15) is 37.6 Å². The number of hydrogen-bond acceptors (Lipinski definition) is 9. The van der Waals surface area contributed by atoms with Crippen molar-refractivity contribution in [3.8, 4) is 28.6 Å². The van der Waals surface area contributed by atoms with Crippen LogP contribution in [0, 0.1) is 6.92 Å². The number of aryl methyl sites for hydroxylation is 3. The summed E-state index contributed by atoms with van der Waals surface area (Å²) in [6, 6.07) is 7.80. The fourth-order valence-corrected chi connectivity index (χ4v) is 3.66. The summed E-state index contributed by atoms with van der Waals surface area (Å²) in [6.07, 6.45) is 0.583. The van der Waals surface area contributed by atoms with Crippen LogP contribution in [0.4, 0.5) is 5.82 Å². The number of rotatable bonds is 12. The average molecular weight is 498 g/mol. The summed E-state index contributed by atoms with van der Waals surface area (Å²) in [5.74, 6) is 1.88. The molecule has 0 aliphatic rings. The van der Waals surface area contributed by atoms with Crippen molar-refractivity contribution in [2.75, 3.05) is 38.3 Å². The van der Waals surface area contributed by atoms with Gasteiger partial charge >= 0.3 is 0 Å². The topological polar surface area (TPSA) is 134 Å². The molecule has 3 aromatic rings. The fourth-order valence-electron chi connectivity index (χ4n) is 3.66. The Hall–Kier alpha value is -3.50. The number of aliphatic hydroxyl groups excluding tert-OH is 2. The SMILES string of the molecule is CCc1cc(-c2nc(-c3cc(C)c(OCC(O)CNC(=O)CO)c(CC)c3)no2)cc(N(C)CC)n1. The number of carbonyl (C=O) groups is 1. The van der Waals surface area contributed by atoms with Gasteiger partial charge in [0.05, 0.1) is 0 Å². The lowest BCUT2D eigenvalue weighted by atomic mass is 10.0. The molecule has 0 aliphatic carbocycles. The molecule has 1 amide bonds. The zero-order valence-corrected chi connectivity index (χ0v) is 21.5. The fraction of sp³-hybridized carbons (Fsp3) is 0.462. The van der Waals surface area contributed by atoms with Gasteiger partial charge < -0.3 is 29.7 Å².